The number of amides is 1. The van der Waals surface area contributed by atoms with E-state index < -0.39 is 6.10 Å². The summed E-state index contributed by atoms with van der Waals surface area (Å²) in [6.45, 7) is 3.88. The Morgan fingerprint density at radius 3 is 3.05 bits per heavy atom. The maximum Gasteiger partial charge on any atom is 0.325 e. The molecule has 0 saturated heterocycles. The molecule has 1 unspecified atom stereocenters. The van der Waals surface area contributed by atoms with E-state index in [1.54, 1.807) is 32.0 Å². The molecule has 1 heterocycles. The summed E-state index contributed by atoms with van der Waals surface area (Å²) < 4.78 is 10.2. The molecule has 1 aromatic carbocycles. The molecule has 0 radical (unpaired) electrons. The van der Waals surface area contributed by atoms with Gasteiger partial charge in [0.1, 0.15) is 12.3 Å². The van der Waals surface area contributed by atoms with Gasteiger partial charge < -0.3 is 20.1 Å². The lowest BCUT2D eigenvalue weighted by molar-refractivity contribution is -0.140. The molecule has 1 aliphatic rings. The average molecular weight is 264 g/mol. The van der Waals surface area contributed by atoms with Crippen LogP contribution in [-0.2, 0) is 14.3 Å². The van der Waals surface area contributed by atoms with E-state index in [2.05, 4.69) is 10.6 Å². The third-order valence-electron chi connectivity index (χ3n) is 2.65. The second-order valence-corrected chi connectivity index (χ2v) is 4.12. The Morgan fingerprint density at radius 2 is 2.32 bits per heavy atom. The van der Waals surface area contributed by atoms with Crippen LogP contribution in [0.3, 0.4) is 0 Å². The van der Waals surface area contributed by atoms with E-state index in [1.807, 2.05) is 0 Å². The number of rotatable bonds is 4. The lowest BCUT2D eigenvalue weighted by atomic mass is 10.2. The second kappa shape index (κ2) is 5.60. The van der Waals surface area contributed by atoms with E-state index in [0.717, 1.165) is 0 Å². The first kappa shape index (κ1) is 13.2. The smallest absolute Gasteiger partial charge is 0.325 e. The van der Waals surface area contributed by atoms with Gasteiger partial charge in [-0.05, 0) is 32.0 Å². The molecular weight excluding hydrogens is 248 g/mol. The molecule has 1 amide bonds. The van der Waals surface area contributed by atoms with Gasteiger partial charge in [0.05, 0.1) is 12.3 Å². The molecule has 1 aromatic rings. The van der Waals surface area contributed by atoms with Crippen LogP contribution in [0.2, 0.25) is 0 Å². The summed E-state index contributed by atoms with van der Waals surface area (Å²) in [6, 6.07) is 5.25. The van der Waals surface area contributed by atoms with Gasteiger partial charge in [-0.3, -0.25) is 9.59 Å². The lowest BCUT2D eigenvalue weighted by Crippen LogP contribution is -2.34. The predicted octanol–water partition coefficient (Wildman–Crippen LogP) is 1.38. The lowest BCUT2D eigenvalue weighted by Gasteiger charge is -2.23. The van der Waals surface area contributed by atoms with Gasteiger partial charge in [0.25, 0.3) is 5.91 Å². The maximum atomic E-state index is 11.5. The molecule has 102 valence electrons. The van der Waals surface area contributed by atoms with Crippen LogP contribution < -0.4 is 15.4 Å². The number of hydrogen-bond donors (Lipinski definition) is 2. The number of carbonyl (C=O) groups excluding carboxylic acids is 2. The highest BCUT2D eigenvalue weighted by atomic mass is 16.5. The SMILES string of the molecule is CCOC(=O)CNc1ccc2c(c1)NC(=O)C(C)O2. The molecule has 0 spiro atoms. The van der Waals surface area contributed by atoms with Crippen LogP contribution in [0.4, 0.5) is 11.4 Å². The maximum absolute atomic E-state index is 11.5. The first-order valence-electron chi connectivity index (χ1n) is 6.11. The number of anilines is 2. The minimum absolute atomic E-state index is 0.0812. The van der Waals surface area contributed by atoms with Crippen molar-refractivity contribution >= 4 is 23.3 Å². The molecule has 2 rings (SSSR count). The van der Waals surface area contributed by atoms with E-state index in [0.29, 0.717) is 23.7 Å². The fourth-order valence-electron chi connectivity index (χ4n) is 1.70. The van der Waals surface area contributed by atoms with E-state index in [-0.39, 0.29) is 18.4 Å². The number of fused-ring (bicyclic) bond motifs is 1. The van der Waals surface area contributed by atoms with Crippen molar-refractivity contribution in [2.24, 2.45) is 0 Å². The van der Waals surface area contributed by atoms with Crippen molar-refractivity contribution in [3.05, 3.63) is 18.2 Å². The monoisotopic (exact) mass is 264 g/mol. The van der Waals surface area contributed by atoms with Crippen molar-refractivity contribution in [1.29, 1.82) is 0 Å². The second-order valence-electron chi connectivity index (χ2n) is 4.12. The summed E-state index contributed by atoms with van der Waals surface area (Å²) in [5, 5.41) is 5.67. The van der Waals surface area contributed by atoms with Gasteiger partial charge in [0, 0.05) is 5.69 Å². The highest BCUT2D eigenvalue weighted by molar-refractivity contribution is 5.98. The Hall–Kier alpha value is -2.24. The number of hydrogen-bond acceptors (Lipinski definition) is 5. The highest BCUT2D eigenvalue weighted by Gasteiger charge is 2.23. The van der Waals surface area contributed by atoms with Crippen LogP contribution in [0.25, 0.3) is 0 Å². The van der Waals surface area contributed by atoms with Crippen LogP contribution in [0.15, 0.2) is 18.2 Å². The average Bonchev–Trinajstić information content (AvgIpc) is 2.38. The highest BCUT2D eigenvalue weighted by Crippen LogP contribution is 2.31. The third-order valence-corrected chi connectivity index (χ3v) is 2.65. The number of carbonyl (C=O) groups is 2. The number of ether oxygens (including phenoxy) is 2. The van der Waals surface area contributed by atoms with E-state index in [9.17, 15) is 9.59 Å². The molecule has 2 N–H and O–H groups in total. The molecule has 1 atom stereocenters. The Kier molecular flexibility index (Phi) is 3.89. The van der Waals surface area contributed by atoms with Crippen LogP contribution >= 0.6 is 0 Å². The summed E-state index contributed by atoms with van der Waals surface area (Å²) >= 11 is 0. The quantitative estimate of drug-likeness (QED) is 0.803. The van der Waals surface area contributed by atoms with Crippen molar-refractivity contribution < 1.29 is 19.1 Å². The van der Waals surface area contributed by atoms with Gasteiger partial charge in [0.15, 0.2) is 6.10 Å². The topological polar surface area (TPSA) is 76.7 Å². The van der Waals surface area contributed by atoms with Gasteiger partial charge in [0.2, 0.25) is 0 Å². The van der Waals surface area contributed by atoms with E-state index in [4.69, 9.17) is 9.47 Å². The van der Waals surface area contributed by atoms with E-state index >= 15 is 0 Å². The molecule has 0 bridgehead atoms. The molecule has 6 heteroatoms. The summed E-state index contributed by atoms with van der Waals surface area (Å²) in [4.78, 5) is 22.7. The van der Waals surface area contributed by atoms with Gasteiger partial charge in [-0.2, -0.15) is 0 Å². The zero-order chi connectivity index (χ0) is 13.8. The molecule has 0 aliphatic carbocycles. The Balaban J connectivity index is 2.03. The van der Waals surface area contributed by atoms with Crippen molar-refractivity contribution in [3.63, 3.8) is 0 Å². The summed E-state index contributed by atoms with van der Waals surface area (Å²) in [7, 11) is 0. The first-order chi connectivity index (χ1) is 9.10. The van der Waals surface area contributed by atoms with Crippen LogP contribution in [0.5, 0.6) is 5.75 Å². The van der Waals surface area contributed by atoms with Crippen molar-refractivity contribution in [2.45, 2.75) is 20.0 Å². The van der Waals surface area contributed by atoms with E-state index in [1.165, 1.54) is 0 Å². The van der Waals surface area contributed by atoms with Gasteiger partial charge in [-0.1, -0.05) is 0 Å². The Bertz CT molecular complexity index is 501. The van der Waals surface area contributed by atoms with Gasteiger partial charge >= 0.3 is 5.97 Å². The standard InChI is InChI=1S/C13H16N2O4/c1-3-18-12(16)7-14-9-4-5-11-10(6-9)15-13(17)8(2)19-11/h4-6,8,14H,3,7H2,1-2H3,(H,15,17). The zero-order valence-corrected chi connectivity index (χ0v) is 10.9. The third kappa shape index (κ3) is 3.15. The number of benzene rings is 1. The fourth-order valence-corrected chi connectivity index (χ4v) is 1.70. The number of nitrogens with one attached hydrogen (secondary N) is 2. The Morgan fingerprint density at radius 1 is 1.53 bits per heavy atom. The largest absolute Gasteiger partial charge is 0.479 e. The molecule has 0 fully saturated rings. The van der Waals surface area contributed by atoms with Crippen molar-refractivity contribution in [2.75, 3.05) is 23.8 Å². The minimum atomic E-state index is -0.495. The minimum Gasteiger partial charge on any atom is -0.479 e. The van der Waals surface area contributed by atoms with Gasteiger partial charge in [-0.25, -0.2) is 0 Å². The first-order valence-corrected chi connectivity index (χ1v) is 6.11. The van der Waals surface area contributed by atoms with Gasteiger partial charge in [-0.15, -0.1) is 0 Å². The summed E-state index contributed by atoms with van der Waals surface area (Å²) in [6.07, 6.45) is -0.495. The predicted molar refractivity (Wildman–Crippen MR) is 70.3 cm³/mol. The van der Waals surface area contributed by atoms with Crippen LogP contribution in [-0.4, -0.2) is 31.1 Å². The van der Waals surface area contributed by atoms with Crippen LogP contribution in [0, 0.1) is 0 Å². The van der Waals surface area contributed by atoms with Crippen molar-refractivity contribution in [1.82, 2.24) is 0 Å². The fraction of sp³-hybridized carbons (Fsp3) is 0.385. The van der Waals surface area contributed by atoms with Crippen molar-refractivity contribution in [3.8, 4) is 5.75 Å². The normalized spacial score (nSPS) is 16.9. The molecule has 6 nitrogen and oxygen atoms in total. The zero-order valence-electron chi connectivity index (χ0n) is 10.9. The Labute approximate surface area is 111 Å². The molecule has 0 aromatic heterocycles. The molecule has 19 heavy (non-hydrogen) atoms. The summed E-state index contributed by atoms with van der Waals surface area (Å²) in [5.41, 5.74) is 1.31. The molecule has 1 aliphatic heterocycles. The molecular formula is C13H16N2O4. The molecule has 0 saturated carbocycles. The van der Waals surface area contributed by atoms with Crippen LogP contribution in [0.1, 0.15) is 13.8 Å². The number of esters is 1. The summed E-state index contributed by atoms with van der Waals surface area (Å²) in [5.74, 6) is 0.109.